The molecule has 6 heteroatoms. The Balaban J connectivity index is 1.63. The topological polar surface area (TPSA) is 93.1 Å². The third kappa shape index (κ3) is 4.42. The van der Waals surface area contributed by atoms with Crippen LogP contribution in [0.5, 0.6) is 17.2 Å². The van der Waals surface area contributed by atoms with Crippen molar-refractivity contribution < 1.29 is 29.3 Å². The summed E-state index contributed by atoms with van der Waals surface area (Å²) in [5.41, 5.74) is -0.439. The lowest BCUT2D eigenvalue weighted by Crippen LogP contribution is -2.57. The van der Waals surface area contributed by atoms with E-state index in [9.17, 15) is 19.8 Å². The number of rotatable bonds is 5. The van der Waals surface area contributed by atoms with E-state index in [0.29, 0.717) is 32.5 Å². The molecule has 0 spiro atoms. The van der Waals surface area contributed by atoms with Crippen LogP contribution in [0.2, 0.25) is 0 Å². The number of fused-ring (bicyclic) bond motifs is 2. The molecule has 1 atom stereocenters. The number of carbonyl (C=O) groups excluding carboxylic acids is 2. The molecular weight excluding hydrogens is 528 g/mol. The maximum atomic E-state index is 14.3. The van der Waals surface area contributed by atoms with Crippen LogP contribution >= 0.6 is 0 Å². The van der Waals surface area contributed by atoms with Crippen LogP contribution in [0, 0.1) is 19.3 Å². The van der Waals surface area contributed by atoms with Crippen molar-refractivity contribution in [3.8, 4) is 17.2 Å². The summed E-state index contributed by atoms with van der Waals surface area (Å²) in [6.45, 7) is 3.56. The number of hydrogen-bond donors (Lipinski definition) is 2. The summed E-state index contributed by atoms with van der Waals surface area (Å²) >= 11 is 0. The fourth-order valence-electron chi connectivity index (χ4n) is 5.52. The van der Waals surface area contributed by atoms with Gasteiger partial charge in [-0.05, 0) is 70.5 Å². The fourth-order valence-corrected chi connectivity index (χ4v) is 5.52. The zero-order valence-electron chi connectivity index (χ0n) is 23.1. The summed E-state index contributed by atoms with van der Waals surface area (Å²) in [7, 11) is 0. The van der Waals surface area contributed by atoms with Gasteiger partial charge in [-0.2, -0.15) is 0 Å². The van der Waals surface area contributed by atoms with Crippen molar-refractivity contribution in [1.82, 2.24) is 0 Å². The molecule has 1 unspecified atom stereocenters. The molecule has 0 radical (unpaired) electrons. The van der Waals surface area contributed by atoms with Crippen molar-refractivity contribution in [3.63, 3.8) is 0 Å². The number of carbonyl (C=O) groups is 2. The Bertz CT molecular complexity index is 1930. The number of esters is 2. The quantitative estimate of drug-likeness (QED) is 0.185. The van der Waals surface area contributed by atoms with Gasteiger partial charge in [-0.15, -0.1) is 0 Å². The smallest absolute Gasteiger partial charge is 0.336 e. The molecule has 0 heterocycles. The lowest BCUT2D eigenvalue weighted by atomic mass is 9.71. The Labute approximate surface area is 242 Å². The second kappa shape index (κ2) is 10.7. The monoisotopic (exact) mass is 556 g/mol. The van der Waals surface area contributed by atoms with Gasteiger partial charge in [0.05, 0.1) is 0 Å². The number of phenolic OH excluding ortho intramolecular Hbond substituents is 1. The summed E-state index contributed by atoms with van der Waals surface area (Å²) in [6.07, 6.45) is -0.364. The molecule has 0 saturated heterocycles. The Morgan fingerprint density at radius 3 is 1.88 bits per heavy atom. The summed E-state index contributed by atoms with van der Waals surface area (Å²) in [5, 5.41) is 26.1. The first-order chi connectivity index (χ1) is 20.3. The van der Waals surface area contributed by atoms with E-state index in [2.05, 4.69) is 0 Å². The summed E-state index contributed by atoms with van der Waals surface area (Å²) in [6, 6.07) is 31.7. The third-order valence-electron chi connectivity index (χ3n) is 7.78. The van der Waals surface area contributed by atoms with Gasteiger partial charge in [-0.3, -0.25) is 0 Å². The van der Waals surface area contributed by atoms with Crippen molar-refractivity contribution >= 4 is 34.4 Å². The highest BCUT2D eigenvalue weighted by atomic mass is 16.6. The number of para-hydroxylation sites is 2. The van der Waals surface area contributed by atoms with Gasteiger partial charge in [0, 0.05) is 11.1 Å². The maximum absolute atomic E-state index is 14.3. The van der Waals surface area contributed by atoms with Crippen LogP contribution in [-0.2, 0) is 9.59 Å². The van der Waals surface area contributed by atoms with Gasteiger partial charge in [-0.1, -0.05) is 91.0 Å². The SMILES string of the molecule is Cc1ccccc1OC(=O)C1(C(=O)Oc2ccccc2C)C=c2ccccc2=C(c2c(O)ccc3ccccc23)C1O. The minimum Gasteiger partial charge on any atom is -0.507 e. The standard InChI is InChI=1S/C36H28O6/c1-22-11-3-9-17-29(22)41-34(39)36(35(40)42-30-18-10-4-12-23(30)2)21-25-14-6-8-16-27(25)32(33(36)38)31-26-15-7-5-13-24(26)19-20-28(31)37/h3-21,33,37-38H,1-2H3. The summed E-state index contributed by atoms with van der Waals surface area (Å²) in [5.74, 6) is -1.61. The number of benzene rings is 5. The first-order valence-corrected chi connectivity index (χ1v) is 13.6. The first kappa shape index (κ1) is 27.0. The highest BCUT2D eigenvalue weighted by Crippen LogP contribution is 2.42. The van der Waals surface area contributed by atoms with Crippen molar-refractivity contribution in [2.45, 2.75) is 20.0 Å². The summed E-state index contributed by atoms with van der Waals surface area (Å²) in [4.78, 5) is 28.6. The zero-order valence-corrected chi connectivity index (χ0v) is 23.1. The van der Waals surface area contributed by atoms with E-state index < -0.39 is 23.5 Å². The molecule has 5 aromatic carbocycles. The second-order valence-corrected chi connectivity index (χ2v) is 10.4. The van der Waals surface area contributed by atoms with E-state index in [1.807, 2.05) is 36.4 Å². The van der Waals surface area contributed by atoms with E-state index in [4.69, 9.17) is 9.47 Å². The fraction of sp³-hybridized carbons (Fsp3) is 0.111. The molecular formula is C36H28O6. The van der Waals surface area contributed by atoms with Crippen LogP contribution in [0.1, 0.15) is 16.7 Å². The van der Waals surface area contributed by atoms with E-state index >= 15 is 0 Å². The average Bonchev–Trinajstić information content (AvgIpc) is 2.99. The highest BCUT2D eigenvalue weighted by molar-refractivity contribution is 6.12. The van der Waals surface area contributed by atoms with Crippen LogP contribution < -0.4 is 19.9 Å². The van der Waals surface area contributed by atoms with Gasteiger partial charge in [-0.25, -0.2) is 9.59 Å². The first-order valence-electron chi connectivity index (χ1n) is 13.6. The van der Waals surface area contributed by atoms with Crippen LogP contribution in [0.4, 0.5) is 0 Å². The minimum atomic E-state index is -2.32. The highest BCUT2D eigenvalue weighted by Gasteiger charge is 2.57. The van der Waals surface area contributed by atoms with Crippen LogP contribution in [0.25, 0.3) is 22.4 Å². The van der Waals surface area contributed by atoms with Gasteiger partial charge in [0.1, 0.15) is 23.4 Å². The van der Waals surface area contributed by atoms with Crippen molar-refractivity contribution in [2.24, 2.45) is 5.41 Å². The molecule has 6 rings (SSSR count). The van der Waals surface area contributed by atoms with Crippen LogP contribution in [0.15, 0.2) is 109 Å². The second-order valence-electron chi connectivity index (χ2n) is 10.4. The van der Waals surface area contributed by atoms with Gasteiger partial charge >= 0.3 is 11.9 Å². The van der Waals surface area contributed by atoms with Crippen LogP contribution in [-0.4, -0.2) is 28.3 Å². The summed E-state index contributed by atoms with van der Waals surface area (Å²) < 4.78 is 11.7. The molecule has 6 nitrogen and oxygen atoms in total. The molecule has 1 aliphatic rings. The molecule has 0 aliphatic heterocycles. The van der Waals surface area contributed by atoms with Gasteiger partial charge in [0.2, 0.25) is 5.41 Å². The number of ether oxygens (including phenoxy) is 2. The molecule has 42 heavy (non-hydrogen) atoms. The third-order valence-corrected chi connectivity index (χ3v) is 7.78. The normalized spacial score (nSPS) is 15.4. The zero-order chi connectivity index (χ0) is 29.4. The number of phenols is 1. The van der Waals surface area contributed by atoms with E-state index in [-0.39, 0.29) is 22.8 Å². The molecule has 0 amide bonds. The molecule has 1 aliphatic carbocycles. The maximum Gasteiger partial charge on any atom is 0.336 e. The van der Waals surface area contributed by atoms with Crippen molar-refractivity contribution in [2.75, 3.05) is 0 Å². The predicted octanol–water partition coefficient (Wildman–Crippen LogP) is 4.71. The van der Waals surface area contributed by atoms with E-state index in [0.717, 1.165) is 5.39 Å². The molecule has 2 N–H and O–H groups in total. The predicted molar refractivity (Wildman–Crippen MR) is 160 cm³/mol. The Kier molecular flexibility index (Phi) is 6.85. The number of hydrogen-bond acceptors (Lipinski definition) is 6. The lowest BCUT2D eigenvalue weighted by Gasteiger charge is -2.35. The number of aryl methyl sites for hydroxylation is 2. The Hall–Kier alpha value is -5.20. The largest absolute Gasteiger partial charge is 0.507 e. The molecule has 208 valence electrons. The number of aliphatic hydroxyl groups excluding tert-OH is 1. The van der Waals surface area contributed by atoms with E-state index in [1.54, 1.807) is 80.6 Å². The molecule has 0 bridgehead atoms. The Morgan fingerprint density at radius 1 is 0.690 bits per heavy atom. The molecule has 0 fully saturated rings. The Morgan fingerprint density at radius 2 is 1.24 bits per heavy atom. The van der Waals surface area contributed by atoms with Gasteiger partial charge in [0.25, 0.3) is 0 Å². The molecule has 0 saturated carbocycles. The number of aromatic hydroxyl groups is 1. The van der Waals surface area contributed by atoms with Crippen molar-refractivity contribution in [1.29, 1.82) is 0 Å². The molecule has 5 aromatic rings. The minimum absolute atomic E-state index is 0.104. The van der Waals surface area contributed by atoms with Crippen molar-refractivity contribution in [3.05, 3.63) is 136 Å². The molecule has 0 aromatic heterocycles. The van der Waals surface area contributed by atoms with E-state index in [1.165, 1.54) is 12.1 Å². The number of aliphatic hydroxyl groups is 1. The van der Waals surface area contributed by atoms with Gasteiger partial charge in [0.15, 0.2) is 0 Å². The van der Waals surface area contributed by atoms with Crippen LogP contribution in [0.3, 0.4) is 0 Å². The average molecular weight is 557 g/mol. The van der Waals surface area contributed by atoms with Gasteiger partial charge < -0.3 is 19.7 Å². The lowest BCUT2D eigenvalue weighted by molar-refractivity contribution is -0.160.